The Morgan fingerprint density at radius 2 is 1.85 bits per heavy atom. The fourth-order valence-electron chi connectivity index (χ4n) is 3.67. The molecule has 0 aliphatic heterocycles. The number of para-hydroxylation sites is 1. The molecule has 4 rings (SSSR count). The molecule has 2 aromatic heterocycles. The van der Waals surface area contributed by atoms with Crippen LogP contribution in [0.25, 0.3) is 10.9 Å². The van der Waals surface area contributed by atoms with Gasteiger partial charge in [-0.1, -0.05) is 24.3 Å². The van der Waals surface area contributed by atoms with Gasteiger partial charge in [-0.15, -0.1) is 0 Å². The summed E-state index contributed by atoms with van der Waals surface area (Å²) < 4.78 is 16.0. The lowest BCUT2D eigenvalue weighted by molar-refractivity contribution is 0.0949. The first-order valence-corrected chi connectivity index (χ1v) is 10.7. The Bertz CT molecular complexity index is 1240. The van der Waals surface area contributed by atoms with Gasteiger partial charge >= 0.3 is 0 Å². The molecule has 170 valence electrons. The molecular weight excluding hydrogens is 418 g/mol. The van der Waals surface area contributed by atoms with Crippen LogP contribution in [0.3, 0.4) is 0 Å². The van der Waals surface area contributed by atoms with Crippen LogP contribution >= 0.6 is 0 Å². The zero-order chi connectivity index (χ0) is 23.2. The number of fused-ring (bicyclic) bond motifs is 1. The SMILES string of the molecule is COc1ccc(CCN(C)c2cc(C(=O)NCc3ccco3)c3ccccc3n2)cc1OC. The molecule has 0 fully saturated rings. The van der Waals surface area contributed by atoms with Crippen molar-refractivity contribution in [3.05, 3.63) is 83.8 Å². The molecule has 0 saturated carbocycles. The molecule has 0 saturated heterocycles. The molecule has 0 radical (unpaired) electrons. The zero-order valence-corrected chi connectivity index (χ0v) is 19.0. The lowest BCUT2D eigenvalue weighted by Crippen LogP contribution is -2.25. The molecule has 2 heterocycles. The van der Waals surface area contributed by atoms with Crippen LogP contribution in [0.4, 0.5) is 5.82 Å². The second-order valence-electron chi connectivity index (χ2n) is 7.67. The van der Waals surface area contributed by atoms with E-state index in [-0.39, 0.29) is 5.91 Å². The van der Waals surface area contributed by atoms with Crippen molar-refractivity contribution in [2.45, 2.75) is 13.0 Å². The van der Waals surface area contributed by atoms with E-state index >= 15 is 0 Å². The van der Waals surface area contributed by atoms with Crippen LogP contribution in [0.2, 0.25) is 0 Å². The minimum absolute atomic E-state index is 0.167. The van der Waals surface area contributed by atoms with Crippen molar-refractivity contribution in [3.8, 4) is 11.5 Å². The van der Waals surface area contributed by atoms with Crippen LogP contribution < -0.4 is 19.7 Å². The monoisotopic (exact) mass is 445 g/mol. The second kappa shape index (κ2) is 10.1. The number of pyridine rings is 1. The number of amides is 1. The van der Waals surface area contributed by atoms with Crippen molar-refractivity contribution in [3.63, 3.8) is 0 Å². The van der Waals surface area contributed by atoms with Gasteiger partial charge in [0.05, 0.1) is 38.1 Å². The maximum absolute atomic E-state index is 13.0. The number of rotatable bonds is 9. The fraction of sp³-hybridized carbons (Fsp3) is 0.231. The molecule has 1 N–H and O–H groups in total. The summed E-state index contributed by atoms with van der Waals surface area (Å²) in [5, 5.41) is 3.75. The number of nitrogens with one attached hydrogen (secondary N) is 1. The summed E-state index contributed by atoms with van der Waals surface area (Å²) >= 11 is 0. The number of aromatic nitrogens is 1. The standard InChI is InChI=1S/C26H27N3O4/c1-29(13-12-18-10-11-23(31-2)24(15-18)32-3)25-16-21(20-8-4-5-9-22(20)28-25)26(30)27-17-19-7-6-14-33-19/h4-11,14-16H,12-13,17H2,1-3H3,(H,27,30). The van der Waals surface area contributed by atoms with E-state index in [4.69, 9.17) is 18.9 Å². The van der Waals surface area contributed by atoms with Crippen molar-refractivity contribution in [2.75, 3.05) is 32.7 Å². The van der Waals surface area contributed by atoms with Gasteiger partial charge in [-0.25, -0.2) is 4.98 Å². The van der Waals surface area contributed by atoms with Gasteiger partial charge in [-0.3, -0.25) is 4.79 Å². The third kappa shape index (κ3) is 5.09. The van der Waals surface area contributed by atoms with Gasteiger partial charge in [-0.2, -0.15) is 0 Å². The van der Waals surface area contributed by atoms with Crippen molar-refractivity contribution in [1.29, 1.82) is 0 Å². The minimum Gasteiger partial charge on any atom is -0.493 e. The first-order valence-electron chi connectivity index (χ1n) is 10.7. The first-order chi connectivity index (χ1) is 16.1. The maximum atomic E-state index is 13.0. The Kier molecular flexibility index (Phi) is 6.78. The molecule has 0 aliphatic carbocycles. The van der Waals surface area contributed by atoms with Crippen LogP contribution in [0.5, 0.6) is 11.5 Å². The summed E-state index contributed by atoms with van der Waals surface area (Å²) in [6.45, 7) is 1.04. The number of nitrogens with zero attached hydrogens (tertiary/aromatic N) is 2. The quantitative estimate of drug-likeness (QED) is 0.410. The first kappa shape index (κ1) is 22.2. The van der Waals surface area contributed by atoms with E-state index in [1.165, 1.54) is 0 Å². The normalized spacial score (nSPS) is 10.8. The van der Waals surface area contributed by atoms with Crippen molar-refractivity contribution in [2.24, 2.45) is 0 Å². The molecule has 0 atom stereocenters. The van der Waals surface area contributed by atoms with E-state index in [9.17, 15) is 4.79 Å². The Hall–Kier alpha value is -4.00. The average molecular weight is 446 g/mol. The predicted molar refractivity (Wildman–Crippen MR) is 128 cm³/mol. The van der Waals surface area contributed by atoms with Crippen molar-refractivity contribution in [1.82, 2.24) is 10.3 Å². The van der Waals surface area contributed by atoms with Gasteiger partial charge in [-0.05, 0) is 48.4 Å². The Labute approximate surface area is 192 Å². The van der Waals surface area contributed by atoms with E-state index in [1.54, 1.807) is 26.5 Å². The number of ether oxygens (including phenoxy) is 2. The topological polar surface area (TPSA) is 76.8 Å². The molecule has 0 unspecified atom stereocenters. The lowest BCUT2D eigenvalue weighted by atomic mass is 10.1. The number of benzene rings is 2. The molecule has 1 amide bonds. The van der Waals surface area contributed by atoms with Crippen molar-refractivity contribution >= 4 is 22.6 Å². The van der Waals surface area contributed by atoms with E-state index < -0.39 is 0 Å². The van der Waals surface area contributed by atoms with E-state index in [0.717, 1.165) is 28.7 Å². The summed E-state index contributed by atoms with van der Waals surface area (Å²) in [6, 6.07) is 19.1. The number of anilines is 1. The maximum Gasteiger partial charge on any atom is 0.252 e. The van der Waals surface area contributed by atoms with Crippen molar-refractivity contribution < 1.29 is 18.7 Å². The average Bonchev–Trinajstić information content (AvgIpc) is 3.38. The van der Waals surface area contributed by atoms with Gasteiger partial charge < -0.3 is 24.1 Å². The van der Waals surface area contributed by atoms with Gasteiger partial charge in [0.2, 0.25) is 0 Å². The molecular formula is C26H27N3O4. The highest BCUT2D eigenvalue weighted by Gasteiger charge is 2.15. The summed E-state index contributed by atoms with van der Waals surface area (Å²) in [5.41, 5.74) is 2.48. The summed E-state index contributed by atoms with van der Waals surface area (Å²) in [7, 11) is 5.23. The molecule has 4 aromatic rings. The predicted octanol–water partition coefficient (Wildman–Crippen LogP) is 4.45. The van der Waals surface area contributed by atoms with E-state index in [1.807, 2.05) is 66.5 Å². The van der Waals surface area contributed by atoms with Crippen LogP contribution in [-0.4, -0.2) is 38.7 Å². The third-order valence-electron chi connectivity index (χ3n) is 5.53. The van der Waals surface area contributed by atoms with Gasteiger partial charge in [0.1, 0.15) is 11.6 Å². The van der Waals surface area contributed by atoms with Gasteiger partial charge in [0.15, 0.2) is 11.5 Å². The van der Waals surface area contributed by atoms with E-state index in [0.29, 0.717) is 35.9 Å². The smallest absolute Gasteiger partial charge is 0.252 e. The number of hydrogen-bond donors (Lipinski definition) is 1. The number of methoxy groups -OCH3 is 2. The zero-order valence-electron chi connectivity index (χ0n) is 19.0. The number of likely N-dealkylation sites (N-methyl/N-ethyl adjacent to an activating group) is 1. The highest BCUT2D eigenvalue weighted by molar-refractivity contribution is 6.07. The Balaban J connectivity index is 1.54. The summed E-state index contributed by atoms with van der Waals surface area (Å²) in [5.74, 6) is 2.68. The molecule has 7 nitrogen and oxygen atoms in total. The molecule has 2 aromatic carbocycles. The van der Waals surface area contributed by atoms with Crippen LogP contribution in [0.1, 0.15) is 21.7 Å². The lowest BCUT2D eigenvalue weighted by Gasteiger charge is -2.20. The largest absolute Gasteiger partial charge is 0.493 e. The van der Waals surface area contributed by atoms with Crippen LogP contribution in [0, 0.1) is 0 Å². The van der Waals surface area contributed by atoms with E-state index in [2.05, 4.69) is 5.32 Å². The summed E-state index contributed by atoms with van der Waals surface area (Å²) in [4.78, 5) is 19.8. The van der Waals surface area contributed by atoms with Crippen LogP contribution in [-0.2, 0) is 13.0 Å². The number of carbonyl (C=O) groups is 1. The minimum atomic E-state index is -0.167. The molecule has 0 aliphatic rings. The molecule has 7 heteroatoms. The summed E-state index contributed by atoms with van der Waals surface area (Å²) in [6.07, 6.45) is 2.38. The number of carbonyl (C=O) groups excluding carboxylic acids is 1. The highest BCUT2D eigenvalue weighted by atomic mass is 16.5. The molecule has 33 heavy (non-hydrogen) atoms. The van der Waals surface area contributed by atoms with Gasteiger partial charge in [0, 0.05) is 19.0 Å². The Morgan fingerprint density at radius 1 is 1.03 bits per heavy atom. The Morgan fingerprint density at radius 3 is 2.61 bits per heavy atom. The fourth-order valence-corrected chi connectivity index (χ4v) is 3.67. The molecule has 0 spiro atoms. The number of hydrogen-bond acceptors (Lipinski definition) is 6. The molecule has 0 bridgehead atoms. The highest BCUT2D eigenvalue weighted by Crippen LogP contribution is 2.28. The van der Waals surface area contributed by atoms with Crippen LogP contribution in [0.15, 0.2) is 71.3 Å². The second-order valence-corrected chi connectivity index (χ2v) is 7.67. The van der Waals surface area contributed by atoms with Gasteiger partial charge in [0.25, 0.3) is 5.91 Å². The number of furan rings is 1. The third-order valence-corrected chi connectivity index (χ3v) is 5.53.